The molecule has 0 aliphatic rings. The number of hydrogen-bond donors (Lipinski definition) is 2. The first-order chi connectivity index (χ1) is 6.16. The van der Waals surface area contributed by atoms with Crippen LogP contribution in [0.3, 0.4) is 0 Å². The lowest BCUT2D eigenvalue weighted by molar-refractivity contribution is 0.140. The molecule has 0 amide bonds. The van der Waals surface area contributed by atoms with Gasteiger partial charge >= 0.3 is 0 Å². The highest BCUT2D eigenvalue weighted by Crippen LogP contribution is 2.19. The minimum absolute atomic E-state index is 0.275. The molecule has 1 rings (SSSR count). The molecular formula is C10H14FNO. The molecule has 0 aliphatic carbocycles. The average Bonchev–Trinajstić information content (AvgIpc) is 2.16. The first-order valence-electron chi connectivity index (χ1n) is 4.35. The highest BCUT2D eigenvalue weighted by molar-refractivity contribution is 5.20. The predicted octanol–water partition coefficient (Wildman–Crippen LogP) is 1.60. The van der Waals surface area contributed by atoms with Crippen molar-refractivity contribution in [1.29, 1.82) is 0 Å². The molecule has 0 radical (unpaired) electrons. The predicted molar refractivity (Wildman–Crippen MR) is 49.6 cm³/mol. The number of hydrogen-bond acceptors (Lipinski definition) is 2. The number of halogens is 1. The van der Waals surface area contributed by atoms with Gasteiger partial charge in [0.15, 0.2) is 0 Å². The van der Waals surface area contributed by atoms with E-state index in [4.69, 9.17) is 5.73 Å². The second kappa shape index (κ2) is 4.35. The van der Waals surface area contributed by atoms with Crippen molar-refractivity contribution in [3.8, 4) is 0 Å². The zero-order valence-electron chi connectivity index (χ0n) is 7.57. The minimum atomic E-state index is -0.911. The molecule has 3 heteroatoms. The second-order valence-corrected chi connectivity index (χ2v) is 3.04. The highest BCUT2D eigenvalue weighted by Gasteiger charge is 2.17. The van der Waals surface area contributed by atoms with Crippen molar-refractivity contribution < 1.29 is 9.50 Å². The lowest BCUT2D eigenvalue weighted by Crippen LogP contribution is -2.27. The Hall–Kier alpha value is -0.930. The Labute approximate surface area is 77.2 Å². The normalized spacial score (nSPS) is 15.4. The summed E-state index contributed by atoms with van der Waals surface area (Å²) in [5.41, 5.74) is 5.88. The average molecular weight is 183 g/mol. The molecule has 0 aromatic heterocycles. The second-order valence-electron chi connectivity index (χ2n) is 3.04. The molecule has 0 spiro atoms. The standard InChI is InChI=1S/C10H14FNO/c1-2-9(12)10(13)7-5-3-4-6-8(7)11/h3-6,9-10,13H,2,12H2,1H3/t9-,10+/m0/s1. The van der Waals surface area contributed by atoms with Crippen molar-refractivity contribution in [3.05, 3.63) is 35.6 Å². The summed E-state index contributed by atoms with van der Waals surface area (Å²) < 4.78 is 13.1. The molecular weight excluding hydrogens is 169 g/mol. The summed E-state index contributed by atoms with van der Waals surface area (Å²) in [4.78, 5) is 0. The van der Waals surface area contributed by atoms with Crippen LogP contribution in [0.25, 0.3) is 0 Å². The Kier molecular flexibility index (Phi) is 3.39. The van der Waals surface area contributed by atoms with E-state index in [2.05, 4.69) is 0 Å². The molecule has 72 valence electrons. The van der Waals surface area contributed by atoms with Crippen molar-refractivity contribution in [2.75, 3.05) is 0 Å². The van der Waals surface area contributed by atoms with E-state index in [-0.39, 0.29) is 5.56 Å². The summed E-state index contributed by atoms with van der Waals surface area (Å²) in [6, 6.07) is 5.74. The summed E-state index contributed by atoms with van der Waals surface area (Å²) in [6.45, 7) is 1.86. The summed E-state index contributed by atoms with van der Waals surface area (Å²) in [6.07, 6.45) is -0.290. The fourth-order valence-electron chi connectivity index (χ4n) is 1.17. The van der Waals surface area contributed by atoms with Crippen LogP contribution < -0.4 is 5.73 Å². The lowest BCUT2D eigenvalue weighted by atomic mass is 10.0. The maximum absolute atomic E-state index is 13.1. The zero-order chi connectivity index (χ0) is 9.84. The Morgan fingerprint density at radius 1 is 1.46 bits per heavy atom. The first-order valence-corrected chi connectivity index (χ1v) is 4.35. The van der Waals surface area contributed by atoms with Crippen LogP contribution in [-0.2, 0) is 0 Å². The molecule has 0 heterocycles. The van der Waals surface area contributed by atoms with Gasteiger partial charge < -0.3 is 10.8 Å². The van der Waals surface area contributed by atoms with E-state index >= 15 is 0 Å². The largest absolute Gasteiger partial charge is 0.387 e. The van der Waals surface area contributed by atoms with Crippen molar-refractivity contribution in [3.63, 3.8) is 0 Å². The van der Waals surface area contributed by atoms with Crippen LogP contribution in [-0.4, -0.2) is 11.1 Å². The Morgan fingerprint density at radius 2 is 2.08 bits per heavy atom. The van der Waals surface area contributed by atoms with Crippen LogP contribution >= 0.6 is 0 Å². The van der Waals surface area contributed by atoms with E-state index in [0.29, 0.717) is 6.42 Å². The van der Waals surface area contributed by atoms with Gasteiger partial charge in [0.25, 0.3) is 0 Å². The van der Waals surface area contributed by atoms with Gasteiger partial charge in [-0.2, -0.15) is 0 Å². The first kappa shape index (κ1) is 10.2. The molecule has 1 aromatic rings. The third-order valence-corrected chi connectivity index (χ3v) is 2.10. The van der Waals surface area contributed by atoms with Crippen LogP contribution in [0.5, 0.6) is 0 Å². The maximum Gasteiger partial charge on any atom is 0.129 e. The lowest BCUT2D eigenvalue weighted by Gasteiger charge is -2.17. The van der Waals surface area contributed by atoms with Gasteiger partial charge in [-0.25, -0.2) is 4.39 Å². The highest BCUT2D eigenvalue weighted by atomic mass is 19.1. The van der Waals surface area contributed by atoms with Gasteiger partial charge in [-0.3, -0.25) is 0 Å². The van der Waals surface area contributed by atoms with E-state index in [0.717, 1.165) is 0 Å². The van der Waals surface area contributed by atoms with Gasteiger partial charge in [-0.15, -0.1) is 0 Å². The molecule has 0 saturated carbocycles. The molecule has 0 fully saturated rings. The quantitative estimate of drug-likeness (QED) is 0.747. The number of benzene rings is 1. The molecule has 0 saturated heterocycles. The summed E-state index contributed by atoms with van der Waals surface area (Å²) in [7, 11) is 0. The molecule has 2 nitrogen and oxygen atoms in total. The number of rotatable bonds is 3. The summed E-state index contributed by atoms with van der Waals surface area (Å²) >= 11 is 0. The van der Waals surface area contributed by atoms with Crippen molar-refractivity contribution in [2.45, 2.75) is 25.5 Å². The smallest absolute Gasteiger partial charge is 0.129 e. The van der Waals surface area contributed by atoms with E-state index in [1.807, 2.05) is 6.92 Å². The van der Waals surface area contributed by atoms with E-state index in [1.54, 1.807) is 18.2 Å². The van der Waals surface area contributed by atoms with Gasteiger partial charge in [0.05, 0.1) is 6.10 Å². The monoisotopic (exact) mass is 183 g/mol. The van der Waals surface area contributed by atoms with Crippen LogP contribution in [0, 0.1) is 5.82 Å². The molecule has 0 unspecified atom stereocenters. The van der Waals surface area contributed by atoms with Gasteiger partial charge in [0.2, 0.25) is 0 Å². The molecule has 1 aromatic carbocycles. The van der Waals surface area contributed by atoms with Crippen LogP contribution in [0.15, 0.2) is 24.3 Å². The Morgan fingerprint density at radius 3 is 2.62 bits per heavy atom. The van der Waals surface area contributed by atoms with E-state index in [1.165, 1.54) is 6.07 Å². The topological polar surface area (TPSA) is 46.2 Å². The van der Waals surface area contributed by atoms with Crippen LogP contribution in [0.1, 0.15) is 25.0 Å². The Bertz CT molecular complexity index is 277. The zero-order valence-corrected chi connectivity index (χ0v) is 7.57. The number of aliphatic hydroxyl groups is 1. The van der Waals surface area contributed by atoms with Crippen molar-refractivity contribution in [1.82, 2.24) is 0 Å². The van der Waals surface area contributed by atoms with Gasteiger partial charge in [-0.1, -0.05) is 25.1 Å². The summed E-state index contributed by atoms with van der Waals surface area (Å²) in [5.74, 6) is -0.404. The minimum Gasteiger partial charge on any atom is -0.387 e. The van der Waals surface area contributed by atoms with Crippen LogP contribution in [0.4, 0.5) is 4.39 Å². The van der Waals surface area contributed by atoms with E-state index in [9.17, 15) is 9.50 Å². The van der Waals surface area contributed by atoms with Gasteiger partial charge in [0.1, 0.15) is 5.82 Å². The van der Waals surface area contributed by atoms with Crippen molar-refractivity contribution >= 4 is 0 Å². The number of aliphatic hydroxyl groups excluding tert-OH is 1. The SMILES string of the molecule is CC[C@H](N)[C@H](O)c1ccccc1F. The third kappa shape index (κ3) is 2.26. The summed E-state index contributed by atoms with van der Waals surface area (Å²) in [5, 5.41) is 9.60. The fraction of sp³-hybridized carbons (Fsp3) is 0.400. The van der Waals surface area contributed by atoms with Crippen molar-refractivity contribution in [2.24, 2.45) is 5.73 Å². The molecule has 2 atom stereocenters. The molecule has 3 N–H and O–H groups in total. The van der Waals surface area contributed by atoms with Gasteiger partial charge in [0, 0.05) is 11.6 Å². The fourth-order valence-corrected chi connectivity index (χ4v) is 1.17. The van der Waals surface area contributed by atoms with Gasteiger partial charge in [-0.05, 0) is 12.5 Å². The van der Waals surface area contributed by atoms with E-state index < -0.39 is 18.0 Å². The number of nitrogens with two attached hydrogens (primary N) is 1. The molecule has 0 aliphatic heterocycles. The molecule has 0 bridgehead atoms. The third-order valence-electron chi connectivity index (χ3n) is 2.10. The maximum atomic E-state index is 13.1. The van der Waals surface area contributed by atoms with Crippen LogP contribution in [0.2, 0.25) is 0 Å². The molecule has 13 heavy (non-hydrogen) atoms. The Balaban J connectivity index is 2.88.